The molecule has 1 aromatic rings. The van der Waals surface area contributed by atoms with Gasteiger partial charge >= 0.3 is 0 Å². The third kappa shape index (κ3) is 2.96. The highest BCUT2D eigenvalue weighted by Gasteiger charge is 2.13. The maximum absolute atomic E-state index is 3.50. The Morgan fingerprint density at radius 2 is 2.13 bits per heavy atom. The Morgan fingerprint density at radius 3 is 2.73 bits per heavy atom. The molecule has 1 saturated heterocycles. The second kappa shape index (κ2) is 5.17. The van der Waals surface area contributed by atoms with Crippen LogP contribution in [0.1, 0.15) is 18.9 Å². The number of benzene rings is 1. The largest absolute Gasteiger partial charge is 0.385 e. The predicted molar refractivity (Wildman–Crippen MR) is 65.3 cm³/mol. The highest BCUT2D eigenvalue weighted by Crippen LogP contribution is 2.12. The fourth-order valence-electron chi connectivity index (χ4n) is 2.01. The maximum Gasteiger partial charge on any atom is 0.0340 e. The molecule has 1 aliphatic heterocycles. The molecule has 0 bridgehead atoms. The van der Waals surface area contributed by atoms with Gasteiger partial charge in [-0.25, -0.2) is 0 Å². The fourth-order valence-corrected chi connectivity index (χ4v) is 2.01. The lowest BCUT2D eigenvalue weighted by Crippen LogP contribution is -2.17. The van der Waals surface area contributed by atoms with E-state index in [4.69, 9.17) is 0 Å². The van der Waals surface area contributed by atoms with Crippen LogP contribution in [0.5, 0.6) is 0 Å². The molecular formula is C13H20N2. The molecule has 0 aromatic heterocycles. The molecule has 2 nitrogen and oxygen atoms in total. The van der Waals surface area contributed by atoms with Crippen molar-refractivity contribution in [3.05, 3.63) is 29.8 Å². The molecule has 2 N–H and O–H groups in total. The smallest absolute Gasteiger partial charge is 0.0340 e. The Labute approximate surface area is 92.1 Å². The SMILES string of the molecule is CCc1ccc(NCC2CCNC2)cc1. The number of nitrogens with one attached hydrogen (secondary N) is 2. The highest BCUT2D eigenvalue weighted by atomic mass is 14.9. The molecule has 1 aromatic carbocycles. The van der Waals surface area contributed by atoms with Gasteiger partial charge in [0.2, 0.25) is 0 Å². The Kier molecular flexibility index (Phi) is 3.62. The van der Waals surface area contributed by atoms with E-state index in [0.717, 1.165) is 18.9 Å². The van der Waals surface area contributed by atoms with Crippen molar-refractivity contribution in [2.45, 2.75) is 19.8 Å². The van der Waals surface area contributed by atoms with Gasteiger partial charge in [0.15, 0.2) is 0 Å². The van der Waals surface area contributed by atoms with Crippen LogP contribution < -0.4 is 10.6 Å². The second-order valence-corrected chi connectivity index (χ2v) is 4.29. The summed E-state index contributed by atoms with van der Waals surface area (Å²) in [7, 11) is 0. The van der Waals surface area contributed by atoms with Gasteiger partial charge in [-0.05, 0) is 49.5 Å². The van der Waals surface area contributed by atoms with Crippen molar-refractivity contribution in [1.82, 2.24) is 5.32 Å². The average Bonchev–Trinajstić information content (AvgIpc) is 2.80. The zero-order chi connectivity index (χ0) is 10.5. The minimum absolute atomic E-state index is 0.802. The van der Waals surface area contributed by atoms with Gasteiger partial charge in [-0.15, -0.1) is 0 Å². The molecule has 0 spiro atoms. The highest BCUT2D eigenvalue weighted by molar-refractivity contribution is 5.44. The minimum Gasteiger partial charge on any atom is -0.385 e. The van der Waals surface area contributed by atoms with E-state index in [1.165, 1.54) is 30.8 Å². The van der Waals surface area contributed by atoms with Gasteiger partial charge < -0.3 is 10.6 Å². The molecule has 1 unspecified atom stereocenters. The van der Waals surface area contributed by atoms with Crippen LogP contribution in [0.2, 0.25) is 0 Å². The lowest BCUT2D eigenvalue weighted by atomic mass is 10.1. The van der Waals surface area contributed by atoms with Crippen molar-refractivity contribution in [3.8, 4) is 0 Å². The zero-order valence-electron chi connectivity index (χ0n) is 9.42. The Hall–Kier alpha value is -1.02. The molecule has 0 radical (unpaired) electrons. The molecule has 2 rings (SSSR count). The van der Waals surface area contributed by atoms with Gasteiger partial charge in [-0.2, -0.15) is 0 Å². The number of hydrogen-bond acceptors (Lipinski definition) is 2. The summed E-state index contributed by atoms with van der Waals surface area (Å²) in [5.41, 5.74) is 2.65. The van der Waals surface area contributed by atoms with E-state index in [-0.39, 0.29) is 0 Å². The van der Waals surface area contributed by atoms with Crippen LogP contribution in [0.3, 0.4) is 0 Å². The van der Waals surface area contributed by atoms with Crippen LogP contribution >= 0.6 is 0 Å². The van der Waals surface area contributed by atoms with Crippen molar-refractivity contribution in [2.24, 2.45) is 5.92 Å². The third-order valence-electron chi connectivity index (χ3n) is 3.12. The third-order valence-corrected chi connectivity index (χ3v) is 3.12. The summed E-state index contributed by atoms with van der Waals surface area (Å²) in [5, 5.41) is 6.88. The van der Waals surface area contributed by atoms with Gasteiger partial charge in [0, 0.05) is 12.2 Å². The Balaban J connectivity index is 1.82. The van der Waals surface area contributed by atoms with Crippen molar-refractivity contribution in [3.63, 3.8) is 0 Å². The average molecular weight is 204 g/mol. The van der Waals surface area contributed by atoms with E-state index in [1.54, 1.807) is 0 Å². The van der Waals surface area contributed by atoms with Crippen LogP contribution in [0, 0.1) is 5.92 Å². The van der Waals surface area contributed by atoms with Gasteiger partial charge in [-0.3, -0.25) is 0 Å². The first-order valence-corrected chi connectivity index (χ1v) is 5.92. The quantitative estimate of drug-likeness (QED) is 0.786. The van der Waals surface area contributed by atoms with Crippen LogP contribution in [-0.4, -0.2) is 19.6 Å². The summed E-state index contributed by atoms with van der Waals surface area (Å²) < 4.78 is 0. The van der Waals surface area contributed by atoms with Crippen molar-refractivity contribution in [1.29, 1.82) is 0 Å². The first kappa shape index (κ1) is 10.5. The van der Waals surface area contributed by atoms with Crippen LogP contribution in [0.25, 0.3) is 0 Å². The number of anilines is 1. The number of aryl methyl sites for hydroxylation is 1. The summed E-state index contributed by atoms with van der Waals surface area (Å²) in [6, 6.07) is 8.77. The standard InChI is InChI=1S/C13H20N2/c1-2-11-3-5-13(6-4-11)15-10-12-7-8-14-9-12/h3-6,12,14-15H,2,7-10H2,1H3. The van der Waals surface area contributed by atoms with Gasteiger partial charge in [0.25, 0.3) is 0 Å². The molecule has 0 saturated carbocycles. The van der Waals surface area contributed by atoms with E-state index >= 15 is 0 Å². The van der Waals surface area contributed by atoms with E-state index in [1.807, 2.05) is 0 Å². The summed E-state index contributed by atoms with van der Waals surface area (Å²) in [5.74, 6) is 0.802. The maximum atomic E-state index is 3.50. The van der Waals surface area contributed by atoms with Gasteiger partial charge in [0.1, 0.15) is 0 Å². The van der Waals surface area contributed by atoms with Crippen molar-refractivity contribution >= 4 is 5.69 Å². The molecule has 0 amide bonds. The van der Waals surface area contributed by atoms with E-state index in [0.29, 0.717) is 0 Å². The number of hydrogen-bond donors (Lipinski definition) is 2. The first-order valence-electron chi connectivity index (χ1n) is 5.92. The van der Waals surface area contributed by atoms with Gasteiger partial charge in [0.05, 0.1) is 0 Å². The second-order valence-electron chi connectivity index (χ2n) is 4.29. The molecular weight excluding hydrogens is 184 g/mol. The van der Waals surface area contributed by atoms with E-state index in [9.17, 15) is 0 Å². The monoisotopic (exact) mass is 204 g/mol. The fraction of sp³-hybridized carbons (Fsp3) is 0.538. The molecule has 15 heavy (non-hydrogen) atoms. The molecule has 0 aliphatic carbocycles. The summed E-state index contributed by atoms with van der Waals surface area (Å²) in [6.45, 7) is 5.63. The molecule has 1 heterocycles. The van der Waals surface area contributed by atoms with E-state index in [2.05, 4.69) is 41.8 Å². The molecule has 1 fully saturated rings. The predicted octanol–water partition coefficient (Wildman–Crippen LogP) is 2.27. The van der Waals surface area contributed by atoms with Crippen LogP contribution in [-0.2, 0) is 6.42 Å². The normalized spacial score (nSPS) is 20.5. The van der Waals surface area contributed by atoms with Crippen LogP contribution in [0.4, 0.5) is 5.69 Å². The van der Waals surface area contributed by atoms with Crippen molar-refractivity contribution in [2.75, 3.05) is 25.0 Å². The molecule has 82 valence electrons. The van der Waals surface area contributed by atoms with Gasteiger partial charge in [-0.1, -0.05) is 19.1 Å². The lowest BCUT2D eigenvalue weighted by molar-refractivity contribution is 0.615. The van der Waals surface area contributed by atoms with E-state index < -0.39 is 0 Å². The zero-order valence-corrected chi connectivity index (χ0v) is 9.42. The minimum atomic E-state index is 0.802. The first-order chi connectivity index (χ1) is 7.38. The molecule has 1 aliphatic rings. The lowest BCUT2D eigenvalue weighted by Gasteiger charge is -2.11. The van der Waals surface area contributed by atoms with Crippen molar-refractivity contribution < 1.29 is 0 Å². The number of rotatable bonds is 4. The summed E-state index contributed by atoms with van der Waals surface area (Å²) in [4.78, 5) is 0. The molecule has 2 heteroatoms. The Morgan fingerprint density at radius 1 is 1.33 bits per heavy atom. The molecule has 1 atom stereocenters. The topological polar surface area (TPSA) is 24.1 Å². The summed E-state index contributed by atoms with van der Waals surface area (Å²) >= 11 is 0. The van der Waals surface area contributed by atoms with Crippen LogP contribution in [0.15, 0.2) is 24.3 Å². The summed E-state index contributed by atoms with van der Waals surface area (Å²) in [6.07, 6.45) is 2.42. The Bertz CT molecular complexity index is 286.